The summed E-state index contributed by atoms with van der Waals surface area (Å²) in [5.41, 5.74) is 1.02. The fourth-order valence-corrected chi connectivity index (χ4v) is 1.99. The number of anilines is 1. The number of carbonyl (C=O) groups is 1. The van der Waals surface area contributed by atoms with Crippen LogP contribution >= 0.6 is 0 Å². The van der Waals surface area contributed by atoms with Crippen LogP contribution in [0.2, 0.25) is 0 Å². The summed E-state index contributed by atoms with van der Waals surface area (Å²) in [6, 6.07) is 10.2. The van der Waals surface area contributed by atoms with E-state index in [-0.39, 0.29) is 5.91 Å². The van der Waals surface area contributed by atoms with E-state index in [4.69, 9.17) is 0 Å². The molecule has 1 unspecified atom stereocenters. The summed E-state index contributed by atoms with van der Waals surface area (Å²) in [4.78, 5) is 13.6. The molecule has 2 atom stereocenters. The summed E-state index contributed by atoms with van der Waals surface area (Å²) in [6.07, 6.45) is 0.677. The Balaban J connectivity index is 2.31. The van der Waals surface area contributed by atoms with E-state index in [0.29, 0.717) is 18.4 Å². The number of carbonyl (C=O) groups excluding carboxylic acids is 1. The van der Waals surface area contributed by atoms with Crippen molar-refractivity contribution >= 4 is 11.6 Å². The molecule has 0 aliphatic carbocycles. The van der Waals surface area contributed by atoms with Crippen molar-refractivity contribution in [1.82, 2.24) is 0 Å². The van der Waals surface area contributed by atoms with Crippen LogP contribution in [0.5, 0.6) is 0 Å². The van der Waals surface area contributed by atoms with Gasteiger partial charge in [-0.3, -0.25) is 4.79 Å². The zero-order valence-electron chi connectivity index (χ0n) is 8.60. The van der Waals surface area contributed by atoms with E-state index in [1.165, 1.54) is 0 Å². The van der Waals surface area contributed by atoms with E-state index in [1.807, 2.05) is 35.2 Å². The molecule has 0 spiro atoms. The van der Waals surface area contributed by atoms with Crippen molar-refractivity contribution in [3.8, 4) is 0 Å². The first-order valence-electron chi connectivity index (χ1n) is 5.07. The predicted molar refractivity (Wildman–Crippen MR) is 57.2 cm³/mol. The molecule has 2 rings (SSSR count). The lowest BCUT2D eigenvalue weighted by atomic mass is 10.1. The third-order valence-corrected chi connectivity index (χ3v) is 3.03. The van der Waals surface area contributed by atoms with Gasteiger partial charge < -0.3 is 4.90 Å². The van der Waals surface area contributed by atoms with Gasteiger partial charge in [-0.25, -0.2) is 0 Å². The van der Waals surface area contributed by atoms with Gasteiger partial charge in [-0.1, -0.05) is 25.1 Å². The molecule has 74 valence electrons. The van der Waals surface area contributed by atoms with Crippen molar-refractivity contribution < 1.29 is 4.79 Å². The van der Waals surface area contributed by atoms with E-state index in [2.05, 4.69) is 13.8 Å². The molecule has 1 aliphatic rings. The minimum Gasteiger partial charge on any atom is -0.309 e. The number of para-hydroxylation sites is 1. The van der Waals surface area contributed by atoms with Crippen LogP contribution in [-0.2, 0) is 4.79 Å². The monoisotopic (exact) mass is 189 g/mol. The molecule has 0 bridgehead atoms. The minimum atomic E-state index is 0.246. The molecule has 1 amide bonds. The van der Waals surface area contributed by atoms with Crippen molar-refractivity contribution in [2.24, 2.45) is 5.92 Å². The van der Waals surface area contributed by atoms with Crippen LogP contribution in [-0.4, -0.2) is 11.9 Å². The number of rotatable bonds is 1. The highest BCUT2D eigenvalue weighted by Gasteiger charge is 2.34. The molecule has 1 heterocycles. The third kappa shape index (κ3) is 1.41. The lowest BCUT2D eigenvalue weighted by molar-refractivity contribution is -0.117. The molecule has 0 saturated carbocycles. The Hall–Kier alpha value is -1.31. The lowest BCUT2D eigenvalue weighted by Crippen LogP contribution is -2.32. The fraction of sp³-hybridized carbons (Fsp3) is 0.417. The van der Waals surface area contributed by atoms with E-state index in [0.717, 1.165) is 5.69 Å². The zero-order chi connectivity index (χ0) is 10.1. The molecule has 1 saturated heterocycles. The van der Waals surface area contributed by atoms with Crippen molar-refractivity contribution in [2.45, 2.75) is 26.3 Å². The molecule has 0 radical (unpaired) electrons. The second-order valence-electron chi connectivity index (χ2n) is 4.02. The summed E-state index contributed by atoms with van der Waals surface area (Å²) in [5, 5.41) is 0. The third-order valence-electron chi connectivity index (χ3n) is 3.03. The van der Waals surface area contributed by atoms with Crippen LogP contribution in [0.1, 0.15) is 20.3 Å². The van der Waals surface area contributed by atoms with Gasteiger partial charge in [-0.2, -0.15) is 0 Å². The highest BCUT2D eigenvalue weighted by Crippen LogP contribution is 2.29. The molecular formula is C12H15NO. The number of amides is 1. The van der Waals surface area contributed by atoms with E-state index in [1.54, 1.807) is 0 Å². The average molecular weight is 189 g/mol. The largest absolute Gasteiger partial charge is 0.309 e. The van der Waals surface area contributed by atoms with E-state index in [9.17, 15) is 4.79 Å². The molecule has 1 aliphatic heterocycles. The zero-order valence-corrected chi connectivity index (χ0v) is 8.60. The van der Waals surface area contributed by atoms with Gasteiger partial charge in [0, 0.05) is 18.2 Å². The maximum absolute atomic E-state index is 11.7. The fourth-order valence-electron chi connectivity index (χ4n) is 1.99. The summed E-state index contributed by atoms with van der Waals surface area (Å²) in [5.74, 6) is 0.707. The Kier molecular flexibility index (Phi) is 2.28. The van der Waals surface area contributed by atoms with Crippen LogP contribution < -0.4 is 4.90 Å². The minimum absolute atomic E-state index is 0.246. The average Bonchev–Trinajstić information content (AvgIpc) is 2.43. The van der Waals surface area contributed by atoms with E-state index < -0.39 is 0 Å². The highest BCUT2D eigenvalue weighted by atomic mass is 16.2. The highest BCUT2D eigenvalue weighted by molar-refractivity contribution is 5.96. The van der Waals surface area contributed by atoms with Gasteiger partial charge in [-0.15, -0.1) is 0 Å². The molecule has 2 nitrogen and oxygen atoms in total. The summed E-state index contributed by atoms with van der Waals surface area (Å²) >= 11 is 0. The van der Waals surface area contributed by atoms with Crippen molar-refractivity contribution in [3.63, 3.8) is 0 Å². The molecule has 1 aromatic carbocycles. The maximum atomic E-state index is 11.7. The van der Waals surface area contributed by atoms with Gasteiger partial charge in [0.15, 0.2) is 0 Å². The molecule has 14 heavy (non-hydrogen) atoms. The van der Waals surface area contributed by atoms with Crippen molar-refractivity contribution in [2.75, 3.05) is 4.90 Å². The first-order chi connectivity index (χ1) is 6.70. The number of hydrogen-bond acceptors (Lipinski definition) is 1. The number of benzene rings is 1. The van der Waals surface area contributed by atoms with Gasteiger partial charge in [-0.05, 0) is 25.0 Å². The molecule has 1 aromatic rings. The van der Waals surface area contributed by atoms with Crippen LogP contribution in [0.3, 0.4) is 0 Å². The smallest absolute Gasteiger partial charge is 0.227 e. The Morgan fingerprint density at radius 1 is 1.21 bits per heavy atom. The summed E-state index contributed by atoms with van der Waals surface area (Å²) in [6.45, 7) is 4.24. The topological polar surface area (TPSA) is 20.3 Å². The van der Waals surface area contributed by atoms with Crippen LogP contribution in [0.15, 0.2) is 30.3 Å². The van der Waals surface area contributed by atoms with Gasteiger partial charge in [0.25, 0.3) is 0 Å². The van der Waals surface area contributed by atoms with Gasteiger partial charge >= 0.3 is 0 Å². The molecule has 0 N–H and O–H groups in total. The van der Waals surface area contributed by atoms with Crippen molar-refractivity contribution in [1.29, 1.82) is 0 Å². The lowest BCUT2D eigenvalue weighted by Gasteiger charge is -2.23. The maximum Gasteiger partial charge on any atom is 0.227 e. The molecule has 2 heteroatoms. The Morgan fingerprint density at radius 3 is 2.36 bits per heavy atom. The molecular weight excluding hydrogens is 174 g/mol. The predicted octanol–water partition coefficient (Wildman–Crippen LogP) is 2.45. The van der Waals surface area contributed by atoms with Gasteiger partial charge in [0.2, 0.25) is 5.91 Å². The molecule has 1 fully saturated rings. The van der Waals surface area contributed by atoms with Crippen LogP contribution in [0, 0.1) is 5.92 Å². The quantitative estimate of drug-likeness (QED) is 0.664. The van der Waals surface area contributed by atoms with Gasteiger partial charge in [0.05, 0.1) is 0 Å². The SMILES string of the molecule is CC1[C@@H](C)CC(=O)N1c1ccccc1. The Labute approximate surface area is 84.5 Å². The second kappa shape index (κ2) is 3.45. The Morgan fingerprint density at radius 2 is 1.86 bits per heavy atom. The second-order valence-corrected chi connectivity index (χ2v) is 4.02. The summed E-state index contributed by atoms with van der Waals surface area (Å²) in [7, 11) is 0. The normalized spacial score (nSPS) is 27.0. The summed E-state index contributed by atoms with van der Waals surface area (Å²) < 4.78 is 0. The number of nitrogens with zero attached hydrogens (tertiary/aromatic N) is 1. The first kappa shape index (κ1) is 9.25. The Bertz CT molecular complexity index is 333. The van der Waals surface area contributed by atoms with Crippen LogP contribution in [0.4, 0.5) is 5.69 Å². The molecule has 0 aromatic heterocycles. The first-order valence-corrected chi connectivity index (χ1v) is 5.07. The van der Waals surface area contributed by atoms with Crippen molar-refractivity contribution in [3.05, 3.63) is 30.3 Å². The number of hydrogen-bond donors (Lipinski definition) is 0. The van der Waals surface area contributed by atoms with Crippen LogP contribution in [0.25, 0.3) is 0 Å². The standard InChI is InChI=1S/C12H15NO/c1-9-8-12(14)13(10(9)2)11-6-4-3-5-7-11/h3-7,9-10H,8H2,1-2H3/t9-,10?/m0/s1. The van der Waals surface area contributed by atoms with E-state index >= 15 is 0 Å². The van der Waals surface area contributed by atoms with Gasteiger partial charge in [0.1, 0.15) is 0 Å².